The van der Waals surface area contributed by atoms with Crippen LogP contribution >= 0.6 is 11.6 Å². The molecular formula is C12H10ClN3O3. The third-order valence-corrected chi connectivity index (χ3v) is 2.57. The van der Waals surface area contributed by atoms with Crippen LogP contribution in [0.25, 0.3) is 0 Å². The number of furan rings is 1. The Morgan fingerprint density at radius 2 is 1.63 bits per heavy atom. The maximum atomic E-state index is 11.8. The van der Waals surface area contributed by atoms with Crippen molar-refractivity contribution in [3.63, 3.8) is 0 Å². The number of hydrogen-bond acceptors (Lipinski definition) is 3. The lowest BCUT2D eigenvalue weighted by molar-refractivity contribution is 0.102. The predicted molar refractivity (Wildman–Crippen MR) is 71.3 cm³/mol. The zero-order valence-corrected chi connectivity index (χ0v) is 10.4. The Balaban J connectivity index is 2.06. The first-order chi connectivity index (χ1) is 9.06. The molecule has 1 heterocycles. The van der Waals surface area contributed by atoms with Gasteiger partial charge in [0.1, 0.15) is 0 Å². The van der Waals surface area contributed by atoms with Crippen LogP contribution in [0.5, 0.6) is 0 Å². The van der Waals surface area contributed by atoms with E-state index in [4.69, 9.17) is 21.8 Å². The van der Waals surface area contributed by atoms with Gasteiger partial charge in [0.25, 0.3) is 5.91 Å². The number of primary amides is 1. The first kappa shape index (κ1) is 13.0. The molecule has 0 aliphatic carbocycles. The van der Waals surface area contributed by atoms with E-state index < -0.39 is 6.03 Å². The largest absolute Gasteiger partial charge is 0.452 e. The first-order valence-electron chi connectivity index (χ1n) is 5.27. The first-order valence-corrected chi connectivity index (χ1v) is 5.65. The second kappa shape index (κ2) is 5.45. The van der Waals surface area contributed by atoms with Crippen molar-refractivity contribution in [3.8, 4) is 0 Å². The van der Waals surface area contributed by atoms with Crippen LogP contribution in [0.4, 0.5) is 16.2 Å². The van der Waals surface area contributed by atoms with Gasteiger partial charge in [0.15, 0.2) is 0 Å². The molecule has 98 valence electrons. The smallest absolute Gasteiger partial charge is 0.316 e. The zero-order valence-electron chi connectivity index (χ0n) is 9.64. The molecule has 0 radical (unpaired) electrons. The van der Waals surface area contributed by atoms with Crippen molar-refractivity contribution in [2.75, 3.05) is 10.6 Å². The number of urea groups is 1. The zero-order chi connectivity index (χ0) is 13.8. The third kappa shape index (κ3) is 3.26. The standard InChI is InChI=1S/C12H10ClN3O3/c13-10-9(5-6-19-10)11(17)15-7-1-3-8(4-2-7)16-12(14)18/h1-6H,(H,15,17)(H3,14,16,18). The number of carbonyl (C=O) groups excluding carboxylic acids is 2. The lowest BCUT2D eigenvalue weighted by Crippen LogP contribution is -2.19. The molecule has 0 atom stereocenters. The molecule has 3 amide bonds. The van der Waals surface area contributed by atoms with E-state index in [0.717, 1.165) is 0 Å². The predicted octanol–water partition coefficient (Wildman–Crippen LogP) is 2.68. The highest BCUT2D eigenvalue weighted by Crippen LogP contribution is 2.19. The van der Waals surface area contributed by atoms with E-state index in [1.165, 1.54) is 12.3 Å². The Kier molecular flexibility index (Phi) is 3.72. The lowest BCUT2D eigenvalue weighted by Gasteiger charge is -2.05. The number of amides is 3. The molecule has 0 saturated carbocycles. The molecule has 7 heteroatoms. The van der Waals surface area contributed by atoms with E-state index in [1.807, 2.05) is 0 Å². The molecule has 0 fully saturated rings. The summed E-state index contributed by atoms with van der Waals surface area (Å²) in [5, 5.41) is 5.08. The second-order valence-electron chi connectivity index (χ2n) is 3.63. The Labute approximate surface area is 113 Å². The number of rotatable bonds is 3. The van der Waals surface area contributed by atoms with Gasteiger partial charge in [-0.05, 0) is 41.9 Å². The number of hydrogen-bond donors (Lipinski definition) is 3. The quantitative estimate of drug-likeness (QED) is 0.805. The van der Waals surface area contributed by atoms with E-state index in [1.54, 1.807) is 24.3 Å². The molecular weight excluding hydrogens is 270 g/mol. The van der Waals surface area contributed by atoms with Gasteiger partial charge in [-0.2, -0.15) is 0 Å². The van der Waals surface area contributed by atoms with Gasteiger partial charge >= 0.3 is 6.03 Å². The van der Waals surface area contributed by atoms with Crippen LogP contribution in [0.3, 0.4) is 0 Å². The van der Waals surface area contributed by atoms with E-state index in [9.17, 15) is 9.59 Å². The maximum Gasteiger partial charge on any atom is 0.316 e. The van der Waals surface area contributed by atoms with Crippen molar-refractivity contribution in [2.24, 2.45) is 5.73 Å². The summed E-state index contributed by atoms with van der Waals surface area (Å²) in [4.78, 5) is 22.5. The number of nitrogens with one attached hydrogen (secondary N) is 2. The average Bonchev–Trinajstić information content (AvgIpc) is 2.77. The van der Waals surface area contributed by atoms with Gasteiger partial charge in [-0.25, -0.2) is 4.79 Å². The third-order valence-electron chi connectivity index (χ3n) is 2.27. The lowest BCUT2D eigenvalue weighted by atomic mass is 10.2. The van der Waals surface area contributed by atoms with Gasteiger partial charge in [-0.3, -0.25) is 4.79 Å². The SMILES string of the molecule is NC(=O)Nc1ccc(NC(=O)c2ccoc2Cl)cc1. The monoisotopic (exact) mass is 279 g/mol. The molecule has 2 aromatic rings. The molecule has 4 N–H and O–H groups in total. The summed E-state index contributed by atoms with van der Waals surface area (Å²) in [5.74, 6) is -0.380. The highest BCUT2D eigenvalue weighted by molar-refractivity contribution is 6.32. The second-order valence-corrected chi connectivity index (χ2v) is 3.97. The van der Waals surface area contributed by atoms with Crippen LogP contribution in [-0.4, -0.2) is 11.9 Å². The Hall–Kier alpha value is -2.47. The number of carbonyl (C=O) groups is 2. The van der Waals surface area contributed by atoms with Crippen molar-refractivity contribution in [1.82, 2.24) is 0 Å². The molecule has 1 aromatic carbocycles. The minimum absolute atomic E-state index is 0.0320. The normalized spacial score (nSPS) is 9.95. The molecule has 6 nitrogen and oxygen atoms in total. The van der Waals surface area contributed by atoms with Gasteiger partial charge < -0.3 is 20.8 Å². The summed E-state index contributed by atoms with van der Waals surface area (Å²) in [7, 11) is 0. The maximum absolute atomic E-state index is 11.8. The van der Waals surface area contributed by atoms with E-state index >= 15 is 0 Å². The molecule has 0 aliphatic rings. The van der Waals surface area contributed by atoms with Crippen LogP contribution in [0.2, 0.25) is 5.22 Å². The number of anilines is 2. The van der Waals surface area contributed by atoms with Gasteiger partial charge in [0.05, 0.1) is 11.8 Å². The highest BCUT2D eigenvalue weighted by Gasteiger charge is 2.12. The fourth-order valence-electron chi connectivity index (χ4n) is 1.43. The number of halogens is 1. The molecule has 1 aromatic heterocycles. The Bertz CT molecular complexity index is 607. The van der Waals surface area contributed by atoms with E-state index in [2.05, 4.69) is 10.6 Å². The van der Waals surface area contributed by atoms with E-state index in [0.29, 0.717) is 11.4 Å². The molecule has 19 heavy (non-hydrogen) atoms. The average molecular weight is 280 g/mol. The summed E-state index contributed by atoms with van der Waals surface area (Å²) >= 11 is 5.69. The van der Waals surface area contributed by atoms with Crippen molar-refractivity contribution in [2.45, 2.75) is 0 Å². The molecule has 0 bridgehead atoms. The fourth-order valence-corrected chi connectivity index (χ4v) is 1.63. The molecule has 0 unspecified atom stereocenters. The minimum atomic E-state index is -0.651. The highest BCUT2D eigenvalue weighted by atomic mass is 35.5. The van der Waals surface area contributed by atoms with Crippen LogP contribution in [0.15, 0.2) is 41.0 Å². The van der Waals surface area contributed by atoms with Gasteiger partial charge in [-0.1, -0.05) is 0 Å². The fraction of sp³-hybridized carbons (Fsp3) is 0. The van der Waals surface area contributed by atoms with Gasteiger partial charge in [-0.15, -0.1) is 0 Å². The molecule has 0 spiro atoms. The van der Waals surface area contributed by atoms with Gasteiger partial charge in [0, 0.05) is 11.4 Å². The van der Waals surface area contributed by atoms with Crippen molar-refractivity contribution in [3.05, 3.63) is 47.4 Å². The number of benzene rings is 1. The topological polar surface area (TPSA) is 97.4 Å². The summed E-state index contributed by atoms with van der Waals surface area (Å²) in [6, 6.07) is 7.28. The van der Waals surface area contributed by atoms with Gasteiger partial charge in [0.2, 0.25) is 5.22 Å². The summed E-state index contributed by atoms with van der Waals surface area (Å²) in [5.41, 5.74) is 6.32. The van der Waals surface area contributed by atoms with Crippen LogP contribution < -0.4 is 16.4 Å². The summed E-state index contributed by atoms with van der Waals surface area (Å²) in [6.07, 6.45) is 1.33. The Morgan fingerprint density at radius 1 is 1.05 bits per heavy atom. The van der Waals surface area contributed by atoms with Crippen LogP contribution in [0.1, 0.15) is 10.4 Å². The molecule has 0 aliphatic heterocycles. The molecule has 2 rings (SSSR count). The Morgan fingerprint density at radius 3 is 2.11 bits per heavy atom. The van der Waals surface area contributed by atoms with E-state index in [-0.39, 0.29) is 16.7 Å². The summed E-state index contributed by atoms with van der Waals surface area (Å²) < 4.78 is 4.83. The van der Waals surface area contributed by atoms with Crippen molar-refractivity contribution >= 4 is 34.9 Å². The summed E-state index contributed by atoms with van der Waals surface area (Å²) in [6.45, 7) is 0. The molecule has 0 saturated heterocycles. The number of nitrogens with two attached hydrogens (primary N) is 1. The van der Waals surface area contributed by atoms with Crippen LogP contribution in [-0.2, 0) is 0 Å². The minimum Gasteiger partial charge on any atom is -0.452 e. The van der Waals surface area contributed by atoms with Crippen molar-refractivity contribution < 1.29 is 14.0 Å². The van der Waals surface area contributed by atoms with Crippen LogP contribution in [0, 0.1) is 0 Å². The van der Waals surface area contributed by atoms with Crippen molar-refractivity contribution in [1.29, 1.82) is 0 Å².